The van der Waals surface area contributed by atoms with Crippen molar-refractivity contribution in [3.63, 3.8) is 0 Å². The van der Waals surface area contributed by atoms with Gasteiger partial charge in [0.1, 0.15) is 12.6 Å². The molecule has 2 atom stereocenters. The van der Waals surface area contributed by atoms with Crippen molar-refractivity contribution >= 4 is 21.9 Å². The lowest BCUT2D eigenvalue weighted by atomic mass is 10.2. The summed E-state index contributed by atoms with van der Waals surface area (Å²) in [5.74, 6) is -1.33. The molecule has 1 aliphatic rings. The van der Waals surface area contributed by atoms with Crippen LogP contribution in [0.1, 0.15) is 25.8 Å². The first-order chi connectivity index (χ1) is 11.2. The number of benzene rings is 1. The molecule has 0 bridgehead atoms. The van der Waals surface area contributed by atoms with Crippen molar-refractivity contribution in [2.45, 2.75) is 43.4 Å². The second-order valence-electron chi connectivity index (χ2n) is 5.98. The lowest BCUT2D eigenvalue weighted by Gasteiger charge is -2.25. The normalized spacial score (nSPS) is 21.0. The van der Waals surface area contributed by atoms with Crippen LogP contribution in [0.5, 0.6) is 0 Å². The highest BCUT2D eigenvalue weighted by molar-refractivity contribution is 7.92. The largest absolute Gasteiger partial charge is 0.480 e. The van der Waals surface area contributed by atoms with Gasteiger partial charge in [0, 0.05) is 6.54 Å². The highest BCUT2D eigenvalue weighted by atomic mass is 32.2. The second kappa shape index (κ2) is 7.21. The second-order valence-corrected chi connectivity index (χ2v) is 8.71. The van der Waals surface area contributed by atoms with Gasteiger partial charge in [-0.2, -0.15) is 0 Å². The van der Waals surface area contributed by atoms with E-state index in [2.05, 4.69) is 0 Å². The van der Waals surface area contributed by atoms with Crippen molar-refractivity contribution < 1.29 is 27.9 Å². The molecule has 0 radical (unpaired) electrons. The van der Waals surface area contributed by atoms with Crippen LogP contribution in [0.4, 0.5) is 4.79 Å². The van der Waals surface area contributed by atoms with E-state index in [-0.39, 0.29) is 19.6 Å². The first-order valence-corrected chi connectivity index (χ1v) is 9.29. The van der Waals surface area contributed by atoms with E-state index in [1.165, 1.54) is 13.8 Å². The fraction of sp³-hybridized carbons (Fsp3) is 0.500. The van der Waals surface area contributed by atoms with E-state index in [0.717, 1.165) is 10.5 Å². The molecular formula is C16H21NO6S. The van der Waals surface area contributed by atoms with Crippen LogP contribution in [0.3, 0.4) is 0 Å². The molecule has 0 spiro atoms. The molecule has 0 aromatic heterocycles. The minimum atomic E-state index is -3.63. The maximum Gasteiger partial charge on any atom is 0.410 e. The van der Waals surface area contributed by atoms with Gasteiger partial charge in [-0.05, 0) is 25.8 Å². The summed E-state index contributed by atoms with van der Waals surface area (Å²) in [4.78, 5) is 24.8. The van der Waals surface area contributed by atoms with Gasteiger partial charge in [-0.15, -0.1) is 0 Å². The molecule has 24 heavy (non-hydrogen) atoms. The van der Waals surface area contributed by atoms with Gasteiger partial charge < -0.3 is 9.84 Å². The van der Waals surface area contributed by atoms with Crippen LogP contribution in [0.2, 0.25) is 0 Å². The lowest BCUT2D eigenvalue weighted by Crippen LogP contribution is -2.48. The fourth-order valence-electron chi connectivity index (χ4n) is 2.76. The summed E-state index contributed by atoms with van der Waals surface area (Å²) in [6, 6.07) is 7.55. The highest BCUT2D eigenvalue weighted by Crippen LogP contribution is 2.28. The molecule has 1 amide bonds. The van der Waals surface area contributed by atoms with Crippen molar-refractivity contribution in [3.05, 3.63) is 35.9 Å². The van der Waals surface area contributed by atoms with E-state index in [0.29, 0.717) is 0 Å². The summed E-state index contributed by atoms with van der Waals surface area (Å²) in [5.41, 5.74) is 0.767. The zero-order chi connectivity index (χ0) is 17.9. The first kappa shape index (κ1) is 18.3. The van der Waals surface area contributed by atoms with Gasteiger partial charge >= 0.3 is 12.1 Å². The summed E-state index contributed by atoms with van der Waals surface area (Å²) < 4.78 is 29.8. The van der Waals surface area contributed by atoms with E-state index in [4.69, 9.17) is 4.74 Å². The van der Waals surface area contributed by atoms with Crippen LogP contribution in [0.15, 0.2) is 30.3 Å². The third-order valence-electron chi connectivity index (χ3n) is 4.11. The number of carboxylic acids is 1. The number of nitrogens with zero attached hydrogens (tertiary/aromatic N) is 1. The number of carbonyl (C=O) groups is 2. The summed E-state index contributed by atoms with van der Waals surface area (Å²) in [6.07, 6.45) is -0.717. The Balaban J connectivity index is 2.12. The van der Waals surface area contributed by atoms with Gasteiger partial charge in [-0.3, -0.25) is 4.90 Å². The number of hydrogen-bond acceptors (Lipinski definition) is 5. The lowest BCUT2D eigenvalue weighted by molar-refractivity contribution is -0.141. The average Bonchev–Trinajstić information content (AvgIpc) is 2.99. The maximum absolute atomic E-state index is 12.4. The number of aliphatic carboxylic acids is 1. The predicted molar refractivity (Wildman–Crippen MR) is 87.2 cm³/mol. The number of hydrogen-bond donors (Lipinski definition) is 1. The molecule has 0 unspecified atom stereocenters. The summed E-state index contributed by atoms with van der Waals surface area (Å²) in [7, 11) is -3.63. The highest BCUT2D eigenvalue weighted by Gasteiger charge is 2.49. The number of ether oxygens (including phenoxy) is 1. The molecule has 0 saturated carbocycles. The van der Waals surface area contributed by atoms with Gasteiger partial charge in [-0.25, -0.2) is 18.0 Å². The van der Waals surface area contributed by atoms with E-state index >= 15 is 0 Å². The Hall–Kier alpha value is -2.09. The molecule has 7 nitrogen and oxygen atoms in total. The monoisotopic (exact) mass is 355 g/mol. The Labute approximate surface area is 141 Å². The first-order valence-electron chi connectivity index (χ1n) is 7.68. The number of rotatable bonds is 5. The van der Waals surface area contributed by atoms with E-state index in [1.807, 2.05) is 6.07 Å². The molecule has 0 aliphatic carbocycles. The van der Waals surface area contributed by atoms with Crippen molar-refractivity contribution in [2.75, 3.05) is 6.54 Å². The topological polar surface area (TPSA) is 101 Å². The standard InChI is InChI=1S/C16H21NO6S/c1-11(2)24(21,22)13-8-9-17(14(13)15(18)19)16(20)23-10-12-6-4-3-5-7-12/h3-7,11,13-14H,8-10H2,1-2H3,(H,18,19)/t13-,14-/m0/s1. The Bertz CT molecular complexity index is 701. The molecule has 8 heteroatoms. The van der Waals surface area contributed by atoms with Crippen molar-refractivity contribution in [3.8, 4) is 0 Å². The van der Waals surface area contributed by atoms with Crippen LogP contribution in [0.25, 0.3) is 0 Å². The fourth-order valence-corrected chi connectivity index (χ4v) is 4.51. The molecule has 1 fully saturated rings. The van der Waals surface area contributed by atoms with Crippen molar-refractivity contribution in [1.82, 2.24) is 4.90 Å². The zero-order valence-electron chi connectivity index (χ0n) is 13.6. The number of amides is 1. The Kier molecular flexibility index (Phi) is 5.48. The van der Waals surface area contributed by atoms with E-state index in [1.54, 1.807) is 24.3 Å². The smallest absolute Gasteiger partial charge is 0.410 e. The van der Waals surface area contributed by atoms with Crippen LogP contribution >= 0.6 is 0 Å². The third kappa shape index (κ3) is 3.69. The molecule has 1 N–H and O–H groups in total. The number of likely N-dealkylation sites (tertiary alicyclic amines) is 1. The average molecular weight is 355 g/mol. The molecule has 1 saturated heterocycles. The maximum atomic E-state index is 12.4. The quantitative estimate of drug-likeness (QED) is 0.862. The Morgan fingerprint density at radius 3 is 2.46 bits per heavy atom. The molecule has 132 valence electrons. The molecule has 1 aromatic rings. The van der Waals surface area contributed by atoms with Crippen LogP contribution < -0.4 is 0 Å². The van der Waals surface area contributed by atoms with Crippen molar-refractivity contribution in [2.24, 2.45) is 0 Å². The van der Waals surface area contributed by atoms with Crippen LogP contribution in [0, 0.1) is 0 Å². The molecular weight excluding hydrogens is 334 g/mol. The van der Waals surface area contributed by atoms with E-state index in [9.17, 15) is 23.1 Å². The summed E-state index contributed by atoms with van der Waals surface area (Å²) >= 11 is 0. The van der Waals surface area contributed by atoms with Gasteiger partial charge in [0.2, 0.25) is 0 Å². The Morgan fingerprint density at radius 1 is 1.29 bits per heavy atom. The van der Waals surface area contributed by atoms with Crippen molar-refractivity contribution in [1.29, 1.82) is 0 Å². The number of sulfone groups is 1. The van der Waals surface area contributed by atoms with Gasteiger partial charge in [0.15, 0.2) is 9.84 Å². The van der Waals surface area contributed by atoms with Gasteiger partial charge in [-0.1, -0.05) is 30.3 Å². The van der Waals surface area contributed by atoms with Crippen LogP contribution in [-0.2, 0) is 26.0 Å². The number of carboxylic acid groups (broad SMARTS) is 1. The summed E-state index contributed by atoms with van der Waals surface area (Å²) in [5, 5.41) is 7.60. The number of carbonyl (C=O) groups excluding carboxylic acids is 1. The zero-order valence-corrected chi connectivity index (χ0v) is 14.4. The van der Waals surface area contributed by atoms with Gasteiger partial charge in [0.25, 0.3) is 0 Å². The van der Waals surface area contributed by atoms with Crippen LogP contribution in [-0.4, -0.2) is 53.6 Å². The SMILES string of the molecule is CC(C)S(=O)(=O)[C@H]1CCN(C(=O)OCc2ccccc2)[C@@H]1C(=O)O. The molecule has 1 heterocycles. The third-order valence-corrected chi connectivity index (χ3v) is 6.77. The summed E-state index contributed by atoms with van der Waals surface area (Å²) in [6.45, 7) is 3.06. The van der Waals surface area contributed by atoms with Gasteiger partial charge in [0.05, 0.1) is 10.5 Å². The molecule has 2 rings (SSSR count). The molecule has 1 aliphatic heterocycles. The Morgan fingerprint density at radius 2 is 1.92 bits per heavy atom. The minimum Gasteiger partial charge on any atom is -0.480 e. The predicted octanol–water partition coefficient (Wildman–Crippen LogP) is 1.67. The van der Waals surface area contributed by atoms with E-state index < -0.39 is 38.4 Å². The molecule has 1 aromatic carbocycles. The minimum absolute atomic E-state index is 0.00408.